The van der Waals surface area contributed by atoms with Gasteiger partial charge < -0.3 is 10.1 Å². The Labute approximate surface area is 73.5 Å². The summed E-state index contributed by atoms with van der Waals surface area (Å²) in [7, 11) is 1.45. The number of rotatable bonds is 1. The van der Waals surface area contributed by atoms with Gasteiger partial charge in [0, 0.05) is 12.1 Å². The van der Waals surface area contributed by atoms with Gasteiger partial charge in [-0.15, -0.1) is 0 Å². The summed E-state index contributed by atoms with van der Waals surface area (Å²) in [6.45, 7) is 4.18. The summed E-state index contributed by atoms with van der Waals surface area (Å²) >= 11 is 0. The highest BCUT2D eigenvalue weighted by Crippen LogP contribution is 2.20. The second-order valence-electron chi connectivity index (χ2n) is 3.56. The van der Waals surface area contributed by atoms with Gasteiger partial charge in [0.15, 0.2) is 0 Å². The molecule has 3 atom stereocenters. The first-order valence-corrected chi connectivity index (χ1v) is 4.49. The van der Waals surface area contributed by atoms with E-state index in [0.717, 1.165) is 12.8 Å². The smallest absolute Gasteiger partial charge is 0.310 e. The van der Waals surface area contributed by atoms with E-state index in [1.54, 1.807) is 0 Å². The molecule has 1 aliphatic rings. The van der Waals surface area contributed by atoms with E-state index in [1.807, 2.05) is 6.92 Å². The monoisotopic (exact) mass is 171 g/mol. The van der Waals surface area contributed by atoms with E-state index in [4.69, 9.17) is 4.74 Å². The lowest BCUT2D eigenvalue weighted by Gasteiger charge is -2.32. The normalized spacial score (nSPS) is 36.1. The van der Waals surface area contributed by atoms with Crippen molar-refractivity contribution < 1.29 is 9.53 Å². The lowest BCUT2D eigenvalue weighted by molar-refractivity contribution is -0.147. The minimum absolute atomic E-state index is 0.0474. The maximum absolute atomic E-state index is 11.2. The van der Waals surface area contributed by atoms with Crippen molar-refractivity contribution in [3.63, 3.8) is 0 Å². The Morgan fingerprint density at radius 3 is 2.58 bits per heavy atom. The van der Waals surface area contributed by atoms with E-state index in [-0.39, 0.29) is 17.9 Å². The van der Waals surface area contributed by atoms with Crippen LogP contribution in [-0.2, 0) is 9.53 Å². The quantitative estimate of drug-likeness (QED) is 0.597. The fourth-order valence-corrected chi connectivity index (χ4v) is 1.80. The predicted molar refractivity (Wildman–Crippen MR) is 46.8 cm³/mol. The molecular formula is C9H17NO2. The molecule has 1 aliphatic heterocycles. The second kappa shape index (κ2) is 3.90. The Kier molecular flexibility index (Phi) is 3.09. The van der Waals surface area contributed by atoms with Crippen LogP contribution in [0, 0.1) is 5.92 Å². The third kappa shape index (κ3) is 1.97. The molecule has 3 heteroatoms. The van der Waals surface area contributed by atoms with Crippen LogP contribution in [0.15, 0.2) is 0 Å². The molecule has 0 aromatic rings. The summed E-state index contributed by atoms with van der Waals surface area (Å²) in [5, 5.41) is 3.34. The molecule has 0 saturated carbocycles. The highest BCUT2D eigenvalue weighted by atomic mass is 16.5. The van der Waals surface area contributed by atoms with Crippen LogP contribution in [0.5, 0.6) is 0 Å². The number of methoxy groups -OCH3 is 1. The van der Waals surface area contributed by atoms with Gasteiger partial charge in [-0.2, -0.15) is 0 Å². The maximum atomic E-state index is 11.2. The topological polar surface area (TPSA) is 38.3 Å². The van der Waals surface area contributed by atoms with Crippen molar-refractivity contribution in [3.05, 3.63) is 0 Å². The van der Waals surface area contributed by atoms with Crippen LogP contribution in [0.25, 0.3) is 0 Å². The molecule has 1 fully saturated rings. The van der Waals surface area contributed by atoms with Crippen molar-refractivity contribution in [1.29, 1.82) is 0 Å². The van der Waals surface area contributed by atoms with Crippen molar-refractivity contribution >= 4 is 5.97 Å². The third-order valence-electron chi connectivity index (χ3n) is 2.57. The van der Waals surface area contributed by atoms with Gasteiger partial charge in [-0.3, -0.25) is 4.79 Å². The molecule has 0 unspecified atom stereocenters. The number of hydrogen-bond acceptors (Lipinski definition) is 3. The molecule has 0 aromatic carbocycles. The summed E-state index contributed by atoms with van der Waals surface area (Å²) in [6, 6.07) is 0.780. The van der Waals surface area contributed by atoms with Gasteiger partial charge in [-0.1, -0.05) is 0 Å². The molecule has 0 radical (unpaired) electrons. The zero-order valence-corrected chi connectivity index (χ0v) is 7.96. The van der Waals surface area contributed by atoms with E-state index in [2.05, 4.69) is 12.2 Å². The van der Waals surface area contributed by atoms with Crippen LogP contribution < -0.4 is 5.32 Å². The van der Waals surface area contributed by atoms with Crippen molar-refractivity contribution in [1.82, 2.24) is 5.32 Å². The molecule has 0 aliphatic carbocycles. The summed E-state index contributed by atoms with van der Waals surface area (Å²) in [5.41, 5.74) is 0. The average Bonchev–Trinajstić information content (AvgIpc) is 2.03. The molecule has 3 nitrogen and oxygen atoms in total. The van der Waals surface area contributed by atoms with E-state index in [9.17, 15) is 4.79 Å². The number of piperidine rings is 1. The molecule has 12 heavy (non-hydrogen) atoms. The number of hydrogen-bond donors (Lipinski definition) is 1. The Hall–Kier alpha value is -0.570. The number of carbonyl (C=O) groups is 1. The van der Waals surface area contributed by atoms with Crippen molar-refractivity contribution in [2.75, 3.05) is 7.11 Å². The molecule has 0 bridgehead atoms. The maximum Gasteiger partial charge on any atom is 0.310 e. The van der Waals surface area contributed by atoms with Gasteiger partial charge >= 0.3 is 5.97 Å². The Morgan fingerprint density at radius 2 is 2.08 bits per heavy atom. The number of esters is 1. The van der Waals surface area contributed by atoms with E-state index >= 15 is 0 Å². The van der Waals surface area contributed by atoms with Crippen LogP contribution in [-0.4, -0.2) is 25.2 Å². The van der Waals surface area contributed by atoms with Gasteiger partial charge in [-0.25, -0.2) is 0 Å². The van der Waals surface area contributed by atoms with E-state index in [0.29, 0.717) is 6.04 Å². The zero-order valence-electron chi connectivity index (χ0n) is 7.96. The Balaban J connectivity index is 2.50. The first-order valence-electron chi connectivity index (χ1n) is 4.49. The van der Waals surface area contributed by atoms with Gasteiger partial charge in [-0.05, 0) is 26.7 Å². The van der Waals surface area contributed by atoms with Crippen LogP contribution in [0.3, 0.4) is 0 Å². The molecule has 0 amide bonds. The summed E-state index contributed by atoms with van der Waals surface area (Å²) in [4.78, 5) is 11.2. The van der Waals surface area contributed by atoms with E-state index in [1.165, 1.54) is 7.11 Å². The standard InChI is InChI=1S/C9H17NO2/c1-6-4-5-8(7(2)10-6)9(11)12-3/h6-8,10H,4-5H2,1-3H3/t6-,7+,8-/m1/s1. The molecule has 0 spiro atoms. The Morgan fingerprint density at radius 1 is 1.42 bits per heavy atom. The van der Waals surface area contributed by atoms with Crippen LogP contribution in [0.4, 0.5) is 0 Å². The van der Waals surface area contributed by atoms with Crippen molar-refractivity contribution in [3.8, 4) is 0 Å². The molecular weight excluding hydrogens is 154 g/mol. The van der Waals surface area contributed by atoms with Crippen LogP contribution in [0.2, 0.25) is 0 Å². The van der Waals surface area contributed by atoms with Gasteiger partial charge in [0.05, 0.1) is 13.0 Å². The highest BCUT2D eigenvalue weighted by molar-refractivity contribution is 5.73. The molecule has 1 rings (SSSR count). The molecule has 70 valence electrons. The SMILES string of the molecule is COC(=O)[C@@H]1CC[C@@H](C)N[C@H]1C. The first-order chi connectivity index (χ1) is 5.65. The van der Waals surface area contributed by atoms with E-state index < -0.39 is 0 Å². The first kappa shape index (κ1) is 9.52. The lowest BCUT2D eigenvalue weighted by atomic mass is 9.89. The predicted octanol–water partition coefficient (Wildman–Crippen LogP) is 0.936. The summed E-state index contributed by atoms with van der Waals surface area (Å²) in [6.07, 6.45) is 2.01. The zero-order chi connectivity index (χ0) is 9.14. The summed E-state index contributed by atoms with van der Waals surface area (Å²) in [5.74, 6) is -0.0342. The highest BCUT2D eigenvalue weighted by Gasteiger charge is 2.30. The van der Waals surface area contributed by atoms with Crippen LogP contribution in [0.1, 0.15) is 26.7 Å². The lowest BCUT2D eigenvalue weighted by Crippen LogP contribution is -2.47. The third-order valence-corrected chi connectivity index (χ3v) is 2.57. The van der Waals surface area contributed by atoms with Gasteiger partial charge in [0.25, 0.3) is 0 Å². The second-order valence-corrected chi connectivity index (χ2v) is 3.56. The van der Waals surface area contributed by atoms with Crippen molar-refractivity contribution in [2.24, 2.45) is 5.92 Å². The molecule has 1 heterocycles. The molecule has 0 aromatic heterocycles. The minimum Gasteiger partial charge on any atom is -0.469 e. The van der Waals surface area contributed by atoms with Crippen molar-refractivity contribution in [2.45, 2.75) is 38.8 Å². The fourth-order valence-electron chi connectivity index (χ4n) is 1.80. The number of ether oxygens (including phenoxy) is 1. The largest absolute Gasteiger partial charge is 0.469 e. The number of carbonyl (C=O) groups excluding carboxylic acids is 1. The van der Waals surface area contributed by atoms with Gasteiger partial charge in [0.1, 0.15) is 0 Å². The van der Waals surface area contributed by atoms with Gasteiger partial charge in [0.2, 0.25) is 0 Å². The number of nitrogens with one attached hydrogen (secondary N) is 1. The molecule has 1 saturated heterocycles. The van der Waals surface area contributed by atoms with Crippen LogP contribution >= 0.6 is 0 Å². The fraction of sp³-hybridized carbons (Fsp3) is 0.889. The average molecular weight is 171 g/mol. The Bertz CT molecular complexity index is 170. The molecule has 1 N–H and O–H groups in total. The minimum atomic E-state index is -0.0816. The summed E-state index contributed by atoms with van der Waals surface area (Å²) < 4.78 is 4.72.